The van der Waals surface area contributed by atoms with E-state index in [2.05, 4.69) is 30.0 Å². The summed E-state index contributed by atoms with van der Waals surface area (Å²) in [5, 5.41) is 13.8. The van der Waals surface area contributed by atoms with E-state index in [0.29, 0.717) is 12.5 Å². The van der Waals surface area contributed by atoms with Gasteiger partial charge in [0.1, 0.15) is 0 Å². The maximum absolute atomic E-state index is 11.9. The van der Waals surface area contributed by atoms with Crippen LogP contribution in [-0.4, -0.2) is 22.5 Å². The van der Waals surface area contributed by atoms with Crippen molar-refractivity contribution in [3.63, 3.8) is 0 Å². The minimum atomic E-state index is -0.584. The second-order valence-electron chi connectivity index (χ2n) is 4.94. The number of non-ortho nitro benzene ring substituents is 1. The number of nitro benzene ring substituents is 1. The summed E-state index contributed by atoms with van der Waals surface area (Å²) in [6, 6.07) is 3.61. The van der Waals surface area contributed by atoms with Gasteiger partial charge < -0.3 is 5.32 Å². The Balaban J connectivity index is 2.52. The van der Waals surface area contributed by atoms with Crippen LogP contribution in [0, 0.1) is 16.0 Å². The second-order valence-corrected chi connectivity index (χ2v) is 5.75. The van der Waals surface area contributed by atoms with Gasteiger partial charge in [-0.2, -0.15) is 0 Å². The van der Waals surface area contributed by atoms with Gasteiger partial charge in [0.25, 0.3) is 11.6 Å². The number of benzene rings is 1. The van der Waals surface area contributed by atoms with Crippen LogP contribution in [0.25, 0.3) is 0 Å². The number of hydrogen-bond acceptors (Lipinski definition) is 4. The van der Waals surface area contributed by atoms with Gasteiger partial charge in [-0.1, -0.05) is 25.4 Å². The molecule has 3 N–H and O–H groups in total. The molecular weight excluding hydrogens is 328 g/mol. The molecule has 22 heavy (non-hydrogen) atoms. The number of amides is 1. The Morgan fingerprint density at radius 1 is 1.41 bits per heavy atom. The Labute approximate surface area is 138 Å². The number of carbonyl (C=O) groups is 1. The lowest BCUT2D eigenvalue weighted by Crippen LogP contribution is -2.47. The van der Waals surface area contributed by atoms with Gasteiger partial charge in [0, 0.05) is 18.7 Å². The molecule has 0 heterocycles. The van der Waals surface area contributed by atoms with E-state index >= 15 is 0 Å². The van der Waals surface area contributed by atoms with Gasteiger partial charge in [0.05, 0.1) is 15.5 Å². The van der Waals surface area contributed by atoms with Crippen LogP contribution in [0.4, 0.5) is 5.69 Å². The zero-order valence-corrected chi connectivity index (χ0v) is 13.8. The van der Waals surface area contributed by atoms with Crippen LogP contribution in [0.3, 0.4) is 0 Å². The van der Waals surface area contributed by atoms with E-state index in [0.717, 1.165) is 12.5 Å². The highest BCUT2D eigenvalue weighted by Gasteiger charge is 2.14. The average molecular weight is 345 g/mol. The molecule has 0 spiro atoms. The third kappa shape index (κ3) is 5.82. The summed E-state index contributed by atoms with van der Waals surface area (Å²) in [6.07, 6.45) is 0.948. The molecule has 1 aromatic rings. The molecule has 0 aliphatic rings. The van der Waals surface area contributed by atoms with Crippen LogP contribution in [0.2, 0.25) is 5.02 Å². The van der Waals surface area contributed by atoms with Gasteiger partial charge in [0.15, 0.2) is 5.11 Å². The van der Waals surface area contributed by atoms with E-state index in [1.54, 1.807) is 0 Å². The molecule has 0 aliphatic carbocycles. The number of hydrogen-bond donors (Lipinski definition) is 3. The minimum absolute atomic E-state index is 0.00724. The van der Waals surface area contributed by atoms with Crippen LogP contribution >= 0.6 is 23.8 Å². The normalized spacial score (nSPS) is 10.2. The molecule has 0 saturated heterocycles. The minimum Gasteiger partial charge on any atom is -0.361 e. The van der Waals surface area contributed by atoms with E-state index < -0.39 is 10.8 Å². The molecule has 1 rings (SSSR count). The van der Waals surface area contributed by atoms with E-state index in [4.69, 9.17) is 23.8 Å². The molecule has 0 unspecified atom stereocenters. The number of halogens is 1. The number of rotatable bonds is 5. The topological polar surface area (TPSA) is 96.3 Å². The first kappa shape index (κ1) is 18.1. The lowest BCUT2D eigenvalue weighted by molar-refractivity contribution is -0.384. The number of thiocarbonyl (C=S) groups is 1. The van der Waals surface area contributed by atoms with E-state index in [-0.39, 0.29) is 21.4 Å². The van der Waals surface area contributed by atoms with Gasteiger partial charge in [-0.15, -0.1) is 0 Å². The first-order valence-electron chi connectivity index (χ1n) is 6.59. The molecule has 9 heteroatoms. The lowest BCUT2D eigenvalue weighted by atomic mass is 10.1. The highest BCUT2D eigenvalue weighted by molar-refractivity contribution is 7.80. The van der Waals surface area contributed by atoms with Crippen LogP contribution in [0.1, 0.15) is 30.6 Å². The predicted molar refractivity (Wildman–Crippen MR) is 88.8 cm³/mol. The van der Waals surface area contributed by atoms with E-state index in [1.165, 1.54) is 12.1 Å². The quantitative estimate of drug-likeness (QED) is 0.431. The zero-order valence-electron chi connectivity index (χ0n) is 12.2. The first-order chi connectivity index (χ1) is 10.3. The van der Waals surface area contributed by atoms with Crippen molar-refractivity contribution in [1.29, 1.82) is 0 Å². The molecule has 0 saturated carbocycles. The molecular formula is C13H17ClN4O3S. The number of nitro groups is 1. The highest BCUT2D eigenvalue weighted by Crippen LogP contribution is 2.22. The summed E-state index contributed by atoms with van der Waals surface area (Å²) < 4.78 is 0. The van der Waals surface area contributed by atoms with Crippen molar-refractivity contribution in [2.75, 3.05) is 6.54 Å². The van der Waals surface area contributed by atoms with Gasteiger partial charge >= 0.3 is 0 Å². The maximum Gasteiger partial charge on any atom is 0.271 e. The van der Waals surface area contributed by atoms with Crippen LogP contribution < -0.4 is 16.2 Å². The molecule has 0 fully saturated rings. The van der Waals surface area contributed by atoms with Crippen molar-refractivity contribution in [2.45, 2.75) is 20.3 Å². The Morgan fingerprint density at radius 3 is 2.64 bits per heavy atom. The second kappa shape index (κ2) is 8.50. The molecule has 0 radical (unpaired) electrons. The predicted octanol–water partition coefficient (Wildman–Crippen LogP) is 2.40. The molecule has 1 amide bonds. The van der Waals surface area contributed by atoms with Crippen molar-refractivity contribution in [2.24, 2.45) is 5.92 Å². The van der Waals surface area contributed by atoms with Crippen molar-refractivity contribution in [3.8, 4) is 0 Å². The Hall–Kier alpha value is -1.93. The fourth-order valence-corrected chi connectivity index (χ4v) is 1.91. The van der Waals surface area contributed by atoms with Crippen molar-refractivity contribution < 1.29 is 9.72 Å². The molecule has 120 valence electrons. The van der Waals surface area contributed by atoms with Gasteiger partial charge in [-0.25, -0.2) is 0 Å². The molecule has 1 aromatic carbocycles. The summed E-state index contributed by atoms with van der Waals surface area (Å²) in [6.45, 7) is 4.88. The number of carbonyl (C=O) groups excluding carboxylic acids is 1. The summed E-state index contributed by atoms with van der Waals surface area (Å²) in [4.78, 5) is 21.9. The van der Waals surface area contributed by atoms with E-state index in [1.807, 2.05) is 0 Å². The highest BCUT2D eigenvalue weighted by atomic mass is 35.5. The zero-order chi connectivity index (χ0) is 16.7. The van der Waals surface area contributed by atoms with Gasteiger partial charge in [0.2, 0.25) is 0 Å². The molecule has 0 atom stereocenters. The molecule has 0 aliphatic heterocycles. The van der Waals surface area contributed by atoms with E-state index in [9.17, 15) is 14.9 Å². The van der Waals surface area contributed by atoms with Gasteiger partial charge in [-0.3, -0.25) is 25.8 Å². The monoisotopic (exact) mass is 344 g/mol. The molecule has 0 aromatic heterocycles. The summed E-state index contributed by atoms with van der Waals surface area (Å²) in [7, 11) is 0. The largest absolute Gasteiger partial charge is 0.361 e. The van der Waals surface area contributed by atoms with Crippen LogP contribution in [-0.2, 0) is 0 Å². The summed E-state index contributed by atoms with van der Waals surface area (Å²) in [5.74, 6) is 0.0108. The Kier molecular flexibility index (Phi) is 7.00. The third-order valence-electron chi connectivity index (χ3n) is 2.70. The fourth-order valence-electron chi connectivity index (χ4n) is 1.50. The number of nitrogens with zero attached hydrogens (tertiary/aromatic N) is 1. The summed E-state index contributed by atoms with van der Waals surface area (Å²) >= 11 is 10.9. The van der Waals surface area contributed by atoms with Crippen molar-refractivity contribution >= 4 is 40.5 Å². The van der Waals surface area contributed by atoms with Gasteiger partial charge in [-0.05, 0) is 30.6 Å². The Bertz CT molecular complexity index is 580. The van der Waals surface area contributed by atoms with Crippen LogP contribution in [0.15, 0.2) is 18.2 Å². The third-order valence-corrected chi connectivity index (χ3v) is 3.26. The summed E-state index contributed by atoms with van der Waals surface area (Å²) in [5.41, 5.74) is 4.86. The van der Waals surface area contributed by atoms with Crippen LogP contribution in [0.5, 0.6) is 0 Å². The SMILES string of the molecule is CC(C)CCNC(=S)NNC(=O)c1ccc([N+](=O)[O-])cc1Cl. The molecule has 7 nitrogen and oxygen atoms in total. The number of hydrazine groups is 1. The average Bonchev–Trinajstić information content (AvgIpc) is 2.44. The lowest BCUT2D eigenvalue weighted by Gasteiger charge is -2.12. The standard InChI is InChI=1S/C13H17ClN4O3S/c1-8(2)5-6-15-13(22)17-16-12(19)10-4-3-9(18(20)21)7-11(10)14/h3-4,7-8H,5-6H2,1-2H3,(H,16,19)(H2,15,17,22). The smallest absolute Gasteiger partial charge is 0.271 e. The Morgan fingerprint density at radius 2 is 2.09 bits per heavy atom. The van der Waals surface area contributed by atoms with Crippen molar-refractivity contribution in [1.82, 2.24) is 16.2 Å². The fraction of sp³-hybridized carbons (Fsp3) is 0.385. The first-order valence-corrected chi connectivity index (χ1v) is 7.38. The number of nitrogens with one attached hydrogen (secondary N) is 3. The van der Waals surface area contributed by atoms with Crippen molar-refractivity contribution in [3.05, 3.63) is 38.9 Å². The molecule has 0 bridgehead atoms. The maximum atomic E-state index is 11.9.